The number of esters is 1. The number of allylic oxidation sites excluding steroid dienone is 6. The second-order valence-corrected chi connectivity index (χ2v) is 19.6. The third-order valence-corrected chi connectivity index (χ3v) is 14.5. The molecule has 3 aliphatic heterocycles. The lowest BCUT2D eigenvalue weighted by atomic mass is 9.78. The summed E-state index contributed by atoms with van der Waals surface area (Å²) in [6.07, 6.45) is 11.2. The van der Waals surface area contributed by atoms with Crippen LogP contribution in [0.4, 0.5) is 0 Å². The zero-order valence-corrected chi connectivity index (χ0v) is 40.6. The molecular formula is C51H79NO13. The van der Waals surface area contributed by atoms with Crippen LogP contribution < -0.4 is 0 Å². The number of hydrogen-bond acceptors (Lipinski definition) is 13. The van der Waals surface area contributed by atoms with Gasteiger partial charge in [0.25, 0.3) is 11.7 Å². The molecule has 0 unspecified atom stereocenters. The number of nitrogens with zero attached hydrogens (tertiary/aromatic N) is 1. The summed E-state index contributed by atoms with van der Waals surface area (Å²) in [6.45, 7) is 12.7. The summed E-state index contributed by atoms with van der Waals surface area (Å²) in [5.74, 6) is -7.96. The van der Waals surface area contributed by atoms with Crippen LogP contribution in [0, 0.1) is 35.5 Å². The fraction of sp³-hybridized carbons (Fsp3) is 0.745. The Morgan fingerprint density at radius 3 is 2.25 bits per heavy atom. The van der Waals surface area contributed by atoms with E-state index in [1.54, 1.807) is 41.1 Å². The minimum atomic E-state index is -2.43. The Bertz CT molecular complexity index is 1760. The van der Waals surface area contributed by atoms with Gasteiger partial charge < -0.3 is 43.9 Å². The van der Waals surface area contributed by atoms with E-state index < -0.39 is 83.9 Å². The molecule has 0 spiro atoms. The van der Waals surface area contributed by atoms with Crippen molar-refractivity contribution in [3.63, 3.8) is 0 Å². The third kappa shape index (κ3) is 14.3. The Hall–Kier alpha value is -3.37. The monoisotopic (exact) mass is 914 g/mol. The fourth-order valence-electron chi connectivity index (χ4n) is 10.1. The van der Waals surface area contributed by atoms with Crippen molar-refractivity contribution in [1.29, 1.82) is 0 Å². The standard InChI is InChI=1S/C51H79NO13/c1-30-16-12-11-13-17-31(2)42(61-8)28-38-21-19-36(7)51(60,65-38)48(57)49(58)52-23-15-14-18-39(52)50(59)64-43(33(4)26-37-20-22-40(53)44(27-37)62-9)29-41(54)32(3)25-35(6)46(56)47(63-10)45(55)34(5)24-30/h11-13,16-17,25,30,32-34,36-40,42-44,46-47,53,56,60H,14-15,18-24,26-29H2,1-10H3/b13-11+,16-12-,31-17+,35-25+/t30-,32-,33-,34-,36-,37+,38+,39+,40-,42+,43+,44-,46-,47+,51-/m1/s1. The van der Waals surface area contributed by atoms with Gasteiger partial charge in [0, 0.05) is 58.5 Å². The average Bonchev–Trinajstić information content (AvgIpc) is 3.28. The van der Waals surface area contributed by atoms with Crippen molar-refractivity contribution in [2.75, 3.05) is 27.9 Å². The number of carbonyl (C=O) groups is 5. The number of ether oxygens (including phenoxy) is 5. The maximum atomic E-state index is 14.4. The summed E-state index contributed by atoms with van der Waals surface area (Å²) < 4.78 is 29.4. The number of methoxy groups -OCH3 is 3. The molecule has 366 valence electrons. The predicted octanol–water partition coefficient (Wildman–Crippen LogP) is 6.18. The lowest BCUT2D eigenvalue weighted by Gasteiger charge is -2.42. The van der Waals surface area contributed by atoms with Crippen LogP contribution in [0.5, 0.6) is 0 Å². The Morgan fingerprint density at radius 2 is 1.57 bits per heavy atom. The number of amides is 1. The Morgan fingerprint density at radius 1 is 0.846 bits per heavy atom. The smallest absolute Gasteiger partial charge is 0.329 e. The van der Waals surface area contributed by atoms with Crippen LogP contribution in [0.3, 0.4) is 0 Å². The molecule has 3 N–H and O–H groups in total. The highest BCUT2D eigenvalue weighted by Gasteiger charge is 2.53. The molecule has 4 aliphatic rings. The van der Waals surface area contributed by atoms with Gasteiger partial charge in [-0.05, 0) is 107 Å². The lowest BCUT2D eigenvalue weighted by Crippen LogP contribution is -2.61. The van der Waals surface area contributed by atoms with Crippen LogP contribution in [0.25, 0.3) is 0 Å². The highest BCUT2D eigenvalue weighted by molar-refractivity contribution is 6.39. The molecule has 4 rings (SSSR count). The first kappa shape index (κ1) is 54.2. The number of aliphatic hydroxyl groups is 3. The van der Waals surface area contributed by atoms with E-state index in [1.165, 1.54) is 12.0 Å². The van der Waals surface area contributed by atoms with Crippen molar-refractivity contribution in [3.8, 4) is 0 Å². The molecule has 3 heterocycles. The highest BCUT2D eigenvalue weighted by atomic mass is 16.6. The van der Waals surface area contributed by atoms with E-state index in [1.807, 2.05) is 58.1 Å². The summed E-state index contributed by atoms with van der Waals surface area (Å²) in [5, 5.41) is 33.8. The average molecular weight is 914 g/mol. The van der Waals surface area contributed by atoms with Gasteiger partial charge in [0.2, 0.25) is 5.79 Å². The van der Waals surface area contributed by atoms with Gasteiger partial charge in [-0.15, -0.1) is 0 Å². The van der Waals surface area contributed by atoms with Crippen molar-refractivity contribution in [1.82, 2.24) is 4.90 Å². The molecule has 0 radical (unpaired) electrons. The van der Waals surface area contributed by atoms with Gasteiger partial charge in [0.05, 0.1) is 24.4 Å². The van der Waals surface area contributed by atoms with Gasteiger partial charge in [-0.25, -0.2) is 4.79 Å². The van der Waals surface area contributed by atoms with Crippen molar-refractivity contribution in [2.24, 2.45) is 35.5 Å². The number of cyclic esters (lactones) is 1. The highest BCUT2D eigenvalue weighted by Crippen LogP contribution is 2.38. The first-order valence-electron chi connectivity index (χ1n) is 23.9. The van der Waals surface area contributed by atoms with Crippen LogP contribution in [-0.4, -0.2) is 132 Å². The summed E-state index contributed by atoms with van der Waals surface area (Å²) in [6, 6.07) is -1.14. The van der Waals surface area contributed by atoms with E-state index in [-0.39, 0.29) is 54.8 Å². The predicted molar refractivity (Wildman–Crippen MR) is 245 cm³/mol. The molecule has 2 saturated heterocycles. The number of carbonyl (C=O) groups excluding carboxylic acids is 5. The second-order valence-electron chi connectivity index (χ2n) is 19.6. The van der Waals surface area contributed by atoms with Gasteiger partial charge in [-0.1, -0.05) is 71.1 Å². The van der Waals surface area contributed by atoms with Crippen LogP contribution in [0.1, 0.15) is 126 Å². The minimum absolute atomic E-state index is 0.0193. The molecule has 1 amide bonds. The van der Waals surface area contributed by atoms with E-state index in [0.29, 0.717) is 63.4 Å². The topological polar surface area (TPSA) is 195 Å². The molecule has 0 aromatic heterocycles. The molecule has 15 atom stereocenters. The SMILES string of the molecule is CO[C@H]1C[C@@H]2CC[C@@H](C)[C@@](O)(O2)C(=O)C(=O)N2CCCC[C@H]2C(=O)O[C@H]([C@H](C)C[C@@H]2CC[C@@H](O)[C@H](OC)C2)CC(=O)[C@H](C)/C=C(\C)[C@@H](O)[C@@H](OC)C(=O)[C@H](C)C[C@H](C)\C=C/C=C/C=C/1C. The van der Waals surface area contributed by atoms with Gasteiger partial charge >= 0.3 is 5.97 Å². The quantitative estimate of drug-likeness (QED) is 0.156. The summed E-state index contributed by atoms with van der Waals surface area (Å²) in [5.41, 5.74) is 1.27. The van der Waals surface area contributed by atoms with Crippen molar-refractivity contribution in [3.05, 3.63) is 47.6 Å². The maximum Gasteiger partial charge on any atom is 0.329 e. The number of fused-ring (bicyclic) bond motifs is 3. The Kier molecular flexibility index (Phi) is 21.0. The first-order chi connectivity index (χ1) is 30.7. The van der Waals surface area contributed by atoms with Gasteiger partial charge in [0.15, 0.2) is 5.78 Å². The molecule has 65 heavy (non-hydrogen) atoms. The molecule has 1 saturated carbocycles. The number of ketones is 3. The van der Waals surface area contributed by atoms with Gasteiger partial charge in [0.1, 0.15) is 30.1 Å². The van der Waals surface area contributed by atoms with Crippen molar-refractivity contribution >= 4 is 29.2 Å². The van der Waals surface area contributed by atoms with E-state index in [4.69, 9.17) is 23.7 Å². The normalized spacial score (nSPS) is 40.4. The Balaban J connectivity index is 1.70. The van der Waals surface area contributed by atoms with Crippen molar-refractivity contribution in [2.45, 2.75) is 180 Å². The van der Waals surface area contributed by atoms with Gasteiger partial charge in [-0.2, -0.15) is 0 Å². The summed E-state index contributed by atoms with van der Waals surface area (Å²) in [7, 11) is 4.52. The number of rotatable bonds is 6. The second kappa shape index (κ2) is 25.1. The molecule has 14 heteroatoms. The van der Waals surface area contributed by atoms with Crippen molar-refractivity contribution < 1.29 is 63.0 Å². The molecule has 2 bridgehead atoms. The number of aliphatic hydroxyl groups excluding tert-OH is 2. The molecule has 0 aromatic rings. The maximum absolute atomic E-state index is 14.4. The largest absolute Gasteiger partial charge is 0.460 e. The van der Waals surface area contributed by atoms with E-state index in [9.17, 15) is 39.3 Å². The van der Waals surface area contributed by atoms with E-state index in [2.05, 4.69) is 0 Å². The minimum Gasteiger partial charge on any atom is -0.460 e. The molecule has 1 aliphatic carbocycles. The van der Waals surface area contributed by atoms with Crippen LogP contribution in [0.2, 0.25) is 0 Å². The van der Waals surface area contributed by atoms with Gasteiger partial charge in [-0.3, -0.25) is 19.2 Å². The molecule has 14 nitrogen and oxygen atoms in total. The number of hydrogen-bond donors (Lipinski definition) is 3. The third-order valence-electron chi connectivity index (χ3n) is 14.5. The number of piperidine rings is 1. The first-order valence-corrected chi connectivity index (χ1v) is 23.9. The van der Waals surface area contributed by atoms with E-state index >= 15 is 0 Å². The summed E-state index contributed by atoms with van der Waals surface area (Å²) >= 11 is 0. The summed E-state index contributed by atoms with van der Waals surface area (Å²) in [4.78, 5) is 71.8. The van der Waals surface area contributed by atoms with Crippen LogP contribution in [-0.2, 0) is 47.7 Å². The lowest BCUT2D eigenvalue weighted by molar-refractivity contribution is -0.265. The van der Waals surface area contributed by atoms with E-state index in [0.717, 1.165) is 12.0 Å². The zero-order valence-electron chi connectivity index (χ0n) is 40.6. The zero-order chi connectivity index (χ0) is 48.2. The Labute approximate surface area is 387 Å². The van der Waals surface area contributed by atoms with Crippen LogP contribution >= 0.6 is 0 Å². The molecule has 3 fully saturated rings. The molecule has 0 aromatic carbocycles. The molecular weight excluding hydrogens is 835 g/mol. The van der Waals surface area contributed by atoms with Crippen LogP contribution in [0.15, 0.2) is 47.6 Å². The fourth-order valence-corrected chi connectivity index (χ4v) is 10.1. The number of Topliss-reactive ketones (excluding diaryl/α,β-unsaturated/α-hetero) is 3.